The van der Waals surface area contributed by atoms with Crippen LogP contribution < -0.4 is 11.1 Å². The van der Waals surface area contributed by atoms with Gasteiger partial charge in [0.2, 0.25) is 0 Å². The number of hydrogen-bond donors (Lipinski definition) is 2. The van der Waals surface area contributed by atoms with E-state index in [2.05, 4.69) is 19.2 Å². The Labute approximate surface area is 103 Å². The molecule has 1 aliphatic rings. The Morgan fingerprint density at radius 2 is 2.18 bits per heavy atom. The van der Waals surface area contributed by atoms with Crippen LogP contribution in [0, 0.1) is 6.92 Å². The van der Waals surface area contributed by atoms with E-state index in [4.69, 9.17) is 10.5 Å². The normalized spacial score (nSPS) is 23.4. The third kappa shape index (κ3) is 2.91. The van der Waals surface area contributed by atoms with E-state index in [1.54, 1.807) is 0 Å². The second kappa shape index (κ2) is 4.57. The predicted octanol–water partition coefficient (Wildman–Crippen LogP) is 2.95. The van der Waals surface area contributed by atoms with E-state index < -0.39 is 0 Å². The van der Waals surface area contributed by atoms with Crippen molar-refractivity contribution >= 4 is 11.4 Å². The van der Waals surface area contributed by atoms with Crippen molar-refractivity contribution in [3.05, 3.63) is 23.8 Å². The molecule has 2 rings (SSSR count). The lowest BCUT2D eigenvalue weighted by Crippen LogP contribution is -2.40. The minimum atomic E-state index is -0.0332. The summed E-state index contributed by atoms with van der Waals surface area (Å²) in [5.41, 5.74) is 9.07. The summed E-state index contributed by atoms with van der Waals surface area (Å²) < 4.78 is 5.72. The van der Waals surface area contributed by atoms with Crippen LogP contribution in [0.15, 0.2) is 18.2 Å². The number of para-hydroxylation sites is 1. The van der Waals surface area contributed by atoms with Gasteiger partial charge in [-0.25, -0.2) is 0 Å². The number of rotatable bonds is 2. The van der Waals surface area contributed by atoms with E-state index in [1.165, 1.54) is 0 Å². The largest absolute Gasteiger partial charge is 0.397 e. The van der Waals surface area contributed by atoms with Gasteiger partial charge in [0.15, 0.2) is 0 Å². The smallest absolute Gasteiger partial charge is 0.0646 e. The van der Waals surface area contributed by atoms with Gasteiger partial charge in [-0.3, -0.25) is 0 Å². The molecule has 3 nitrogen and oxygen atoms in total. The number of ether oxygens (including phenoxy) is 1. The molecule has 0 radical (unpaired) electrons. The maximum absolute atomic E-state index is 6.07. The van der Waals surface area contributed by atoms with E-state index in [1.807, 2.05) is 25.1 Å². The van der Waals surface area contributed by atoms with Crippen LogP contribution in [0.5, 0.6) is 0 Å². The van der Waals surface area contributed by atoms with Crippen LogP contribution in [0.4, 0.5) is 11.4 Å². The summed E-state index contributed by atoms with van der Waals surface area (Å²) in [4.78, 5) is 0. The Kier molecular flexibility index (Phi) is 3.29. The van der Waals surface area contributed by atoms with E-state index in [0.29, 0.717) is 6.04 Å². The van der Waals surface area contributed by atoms with Crippen LogP contribution in [0.25, 0.3) is 0 Å². The van der Waals surface area contributed by atoms with Gasteiger partial charge in [-0.2, -0.15) is 0 Å². The predicted molar refractivity (Wildman–Crippen MR) is 72.3 cm³/mol. The van der Waals surface area contributed by atoms with Gasteiger partial charge >= 0.3 is 0 Å². The lowest BCUT2D eigenvalue weighted by molar-refractivity contribution is -0.0553. The lowest BCUT2D eigenvalue weighted by atomic mass is 9.93. The van der Waals surface area contributed by atoms with Gasteiger partial charge in [-0.1, -0.05) is 12.1 Å². The number of nitrogens with two attached hydrogens (primary N) is 1. The van der Waals surface area contributed by atoms with Crippen molar-refractivity contribution in [1.29, 1.82) is 0 Å². The third-order valence-electron chi connectivity index (χ3n) is 3.38. The average Bonchev–Trinajstić information content (AvgIpc) is 2.23. The molecule has 0 aromatic heterocycles. The SMILES string of the molecule is Cc1cccc(NC2CCOC(C)(C)C2)c1N. The van der Waals surface area contributed by atoms with E-state index in [0.717, 1.165) is 36.4 Å². The van der Waals surface area contributed by atoms with E-state index in [-0.39, 0.29) is 5.60 Å². The zero-order valence-corrected chi connectivity index (χ0v) is 10.9. The standard InChI is InChI=1S/C14H22N2O/c1-10-5-4-6-12(13(10)15)16-11-7-8-17-14(2,3)9-11/h4-6,11,16H,7-9,15H2,1-3H3. The molecule has 1 aliphatic heterocycles. The first-order valence-corrected chi connectivity index (χ1v) is 6.23. The number of nitrogens with one attached hydrogen (secondary N) is 1. The summed E-state index contributed by atoms with van der Waals surface area (Å²) >= 11 is 0. The van der Waals surface area contributed by atoms with Crippen molar-refractivity contribution in [2.75, 3.05) is 17.7 Å². The van der Waals surface area contributed by atoms with Crippen LogP contribution in [0.3, 0.4) is 0 Å². The monoisotopic (exact) mass is 234 g/mol. The van der Waals surface area contributed by atoms with Crippen molar-refractivity contribution in [3.8, 4) is 0 Å². The molecular weight excluding hydrogens is 212 g/mol. The molecule has 0 amide bonds. The van der Waals surface area contributed by atoms with Gasteiger partial charge in [-0.05, 0) is 45.2 Å². The highest BCUT2D eigenvalue weighted by atomic mass is 16.5. The maximum Gasteiger partial charge on any atom is 0.0646 e. The first kappa shape index (κ1) is 12.2. The Hall–Kier alpha value is -1.22. The summed E-state index contributed by atoms with van der Waals surface area (Å²) in [6.45, 7) is 7.13. The highest BCUT2D eigenvalue weighted by Crippen LogP contribution is 2.29. The van der Waals surface area contributed by atoms with Crippen molar-refractivity contribution in [1.82, 2.24) is 0 Å². The van der Waals surface area contributed by atoms with Crippen molar-refractivity contribution < 1.29 is 4.74 Å². The van der Waals surface area contributed by atoms with Crippen LogP contribution in [0.2, 0.25) is 0 Å². The quantitative estimate of drug-likeness (QED) is 0.773. The molecule has 1 aromatic carbocycles. The molecule has 1 atom stereocenters. The summed E-state index contributed by atoms with van der Waals surface area (Å²) in [5.74, 6) is 0. The molecule has 0 aliphatic carbocycles. The first-order valence-electron chi connectivity index (χ1n) is 6.23. The summed E-state index contributed by atoms with van der Waals surface area (Å²) in [6, 6.07) is 6.57. The zero-order chi connectivity index (χ0) is 12.5. The van der Waals surface area contributed by atoms with E-state index >= 15 is 0 Å². The molecule has 94 valence electrons. The fourth-order valence-electron chi connectivity index (χ4n) is 2.38. The fourth-order valence-corrected chi connectivity index (χ4v) is 2.38. The molecule has 1 saturated heterocycles. The highest BCUT2D eigenvalue weighted by Gasteiger charge is 2.28. The van der Waals surface area contributed by atoms with Crippen molar-refractivity contribution in [3.63, 3.8) is 0 Å². The van der Waals surface area contributed by atoms with Gasteiger partial charge in [0.05, 0.1) is 17.0 Å². The van der Waals surface area contributed by atoms with Crippen LogP contribution in [-0.2, 0) is 4.74 Å². The average molecular weight is 234 g/mol. The molecule has 1 heterocycles. The number of hydrogen-bond acceptors (Lipinski definition) is 3. The molecule has 0 bridgehead atoms. The maximum atomic E-state index is 6.07. The Bertz CT molecular complexity index is 401. The zero-order valence-electron chi connectivity index (χ0n) is 10.9. The number of nitrogen functional groups attached to an aromatic ring is 1. The fraction of sp³-hybridized carbons (Fsp3) is 0.571. The van der Waals surface area contributed by atoms with Crippen LogP contribution in [-0.4, -0.2) is 18.2 Å². The number of aryl methyl sites for hydroxylation is 1. The van der Waals surface area contributed by atoms with Gasteiger partial charge in [0, 0.05) is 12.6 Å². The summed E-state index contributed by atoms with van der Waals surface area (Å²) in [7, 11) is 0. The van der Waals surface area contributed by atoms with Crippen LogP contribution >= 0.6 is 0 Å². The minimum absolute atomic E-state index is 0.0332. The Morgan fingerprint density at radius 1 is 1.41 bits per heavy atom. The molecule has 3 N–H and O–H groups in total. The molecular formula is C14H22N2O. The molecule has 1 unspecified atom stereocenters. The summed E-state index contributed by atoms with van der Waals surface area (Å²) in [6.07, 6.45) is 2.05. The Morgan fingerprint density at radius 3 is 2.88 bits per heavy atom. The second-order valence-electron chi connectivity index (χ2n) is 5.48. The van der Waals surface area contributed by atoms with Crippen molar-refractivity contribution in [2.24, 2.45) is 0 Å². The molecule has 0 spiro atoms. The minimum Gasteiger partial charge on any atom is -0.397 e. The van der Waals surface area contributed by atoms with Crippen LogP contribution in [0.1, 0.15) is 32.3 Å². The van der Waals surface area contributed by atoms with Gasteiger partial charge in [0.25, 0.3) is 0 Å². The second-order valence-corrected chi connectivity index (χ2v) is 5.48. The molecule has 3 heteroatoms. The van der Waals surface area contributed by atoms with Crippen molar-refractivity contribution in [2.45, 2.75) is 45.3 Å². The molecule has 1 fully saturated rings. The number of benzene rings is 1. The first-order chi connectivity index (χ1) is 7.98. The van der Waals surface area contributed by atoms with Gasteiger partial charge < -0.3 is 15.8 Å². The molecule has 0 saturated carbocycles. The lowest BCUT2D eigenvalue weighted by Gasteiger charge is -2.36. The number of anilines is 2. The van der Waals surface area contributed by atoms with Gasteiger partial charge in [0.1, 0.15) is 0 Å². The molecule has 1 aromatic rings. The van der Waals surface area contributed by atoms with E-state index in [9.17, 15) is 0 Å². The summed E-state index contributed by atoms with van der Waals surface area (Å²) in [5, 5.41) is 3.54. The topological polar surface area (TPSA) is 47.3 Å². The Balaban J connectivity index is 2.08. The van der Waals surface area contributed by atoms with Gasteiger partial charge in [-0.15, -0.1) is 0 Å². The third-order valence-corrected chi connectivity index (χ3v) is 3.38. The molecule has 17 heavy (non-hydrogen) atoms. The highest BCUT2D eigenvalue weighted by molar-refractivity contribution is 5.69.